The smallest absolute Gasteiger partial charge is 0.243 e. The fourth-order valence-corrected chi connectivity index (χ4v) is 4.46. The summed E-state index contributed by atoms with van der Waals surface area (Å²) in [5.74, 6) is 0.525. The zero-order chi connectivity index (χ0) is 16.2. The van der Waals surface area contributed by atoms with Gasteiger partial charge in [-0.05, 0) is 30.3 Å². The zero-order valence-electron chi connectivity index (χ0n) is 12.4. The van der Waals surface area contributed by atoms with Crippen LogP contribution in [0.5, 0.6) is 0 Å². The Hall–Kier alpha value is -2.11. The summed E-state index contributed by atoms with van der Waals surface area (Å²) in [6.45, 7) is 3.96. The largest absolute Gasteiger partial charge is 0.352 e. The van der Waals surface area contributed by atoms with Crippen LogP contribution in [0.25, 0.3) is 20.2 Å². The Bertz CT molecular complexity index is 947. The molecule has 0 radical (unpaired) electrons. The van der Waals surface area contributed by atoms with Crippen LogP contribution in [-0.2, 0) is 4.79 Å². The van der Waals surface area contributed by atoms with Crippen molar-refractivity contribution in [3.63, 3.8) is 0 Å². The van der Waals surface area contributed by atoms with Crippen molar-refractivity contribution in [2.75, 3.05) is 12.3 Å². The lowest BCUT2D eigenvalue weighted by Crippen LogP contribution is -2.23. The van der Waals surface area contributed by atoms with Gasteiger partial charge >= 0.3 is 0 Å². The number of benzene rings is 2. The number of thioether (sulfide) groups is 1. The molecule has 0 saturated carbocycles. The van der Waals surface area contributed by atoms with Crippen molar-refractivity contribution in [1.82, 2.24) is 5.32 Å². The van der Waals surface area contributed by atoms with Gasteiger partial charge in [-0.3, -0.25) is 9.59 Å². The molecule has 0 atom stereocenters. The summed E-state index contributed by atoms with van der Waals surface area (Å²) in [5.41, 5.74) is 0.0765. The van der Waals surface area contributed by atoms with Crippen LogP contribution < -0.4 is 10.7 Å². The van der Waals surface area contributed by atoms with E-state index in [0.717, 1.165) is 25.1 Å². The standard InChI is InChI=1S/C18H15NO2S2/c1-2-16(20)19-10-11-22-14-8-5-9-15-17(14)18(21)12-6-3-4-7-13(12)23-15/h2-9H,1,10-11H2,(H,19,20). The molecule has 0 aliphatic rings. The normalized spacial score (nSPS) is 10.8. The van der Waals surface area contributed by atoms with Crippen LogP contribution in [0.2, 0.25) is 0 Å². The van der Waals surface area contributed by atoms with Crippen LogP contribution in [0.3, 0.4) is 0 Å². The van der Waals surface area contributed by atoms with Crippen molar-refractivity contribution < 1.29 is 4.79 Å². The number of carbonyl (C=O) groups excluding carboxylic acids is 1. The van der Waals surface area contributed by atoms with Gasteiger partial charge in [0.2, 0.25) is 5.91 Å². The average Bonchev–Trinajstić information content (AvgIpc) is 2.58. The third-order valence-corrected chi connectivity index (χ3v) is 5.61. The highest BCUT2D eigenvalue weighted by molar-refractivity contribution is 7.99. The summed E-state index contributed by atoms with van der Waals surface area (Å²) < 4.78 is 2.00. The third-order valence-electron chi connectivity index (χ3n) is 3.41. The maximum atomic E-state index is 12.8. The third kappa shape index (κ3) is 3.30. The Balaban J connectivity index is 1.95. The first-order valence-electron chi connectivity index (χ1n) is 7.18. The van der Waals surface area contributed by atoms with E-state index in [4.69, 9.17) is 0 Å². The molecule has 0 aliphatic heterocycles. The van der Waals surface area contributed by atoms with Gasteiger partial charge in [-0.15, -0.1) is 23.1 Å². The molecule has 0 fully saturated rings. The average molecular weight is 341 g/mol. The molecular weight excluding hydrogens is 326 g/mol. The predicted molar refractivity (Wildman–Crippen MR) is 99.5 cm³/mol. The van der Waals surface area contributed by atoms with Gasteiger partial charge in [0.15, 0.2) is 5.43 Å². The molecule has 0 spiro atoms. The van der Waals surface area contributed by atoms with Gasteiger partial charge in [0.1, 0.15) is 0 Å². The lowest BCUT2D eigenvalue weighted by Gasteiger charge is -2.07. The highest BCUT2D eigenvalue weighted by Gasteiger charge is 2.10. The molecule has 0 unspecified atom stereocenters. The number of rotatable bonds is 5. The van der Waals surface area contributed by atoms with Gasteiger partial charge in [0, 0.05) is 32.0 Å². The molecule has 1 aromatic heterocycles. The Labute approximate surface area is 142 Å². The minimum absolute atomic E-state index is 0.0765. The topological polar surface area (TPSA) is 46.2 Å². The Morgan fingerprint density at radius 1 is 1.17 bits per heavy atom. The van der Waals surface area contributed by atoms with Crippen molar-refractivity contribution in [1.29, 1.82) is 0 Å². The van der Waals surface area contributed by atoms with Crippen LogP contribution in [0.15, 0.2) is 64.8 Å². The second kappa shape index (κ2) is 6.98. The van der Waals surface area contributed by atoms with E-state index in [2.05, 4.69) is 11.9 Å². The molecule has 0 aliphatic carbocycles. The van der Waals surface area contributed by atoms with Gasteiger partial charge in [-0.1, -0.05) is 24.8 Å². The summed E-state index contributed by atoms with van der Waals surface area (Å²) in [6.07, 6.45) is 1.26. The summed E-state index contributed by atoms with van der Waals surface area (Å²) >= 11 is 3.21. The van der Waals surface area contributed by atoms with Gasteiger partial charge in [-0.2, -0.15) is 0 Å². The van der Waals surface area contributed by atoms with Gasteiger partial charge < -0.3 is 5.32 Å². The molecule has 5 heteroatoms. The van der Waals surface area contributed by atoms with E-state index in [-0.39, 0.29) is 11.3 Å². The fourth-order valence-electron chi connectivity index (χ4n) is 2.34. The van der Waals surface area contributed by atoms with Crippen molar-refractivity contribution in [2.24, 2.45) is 0 Å². The van der Waals surface area contributed by atoms with E-state index < -0.39 is 0 Å². The Kier molecular flexibility index (Phi) is 4.79. The second-order valence-electron chi connectivity index (χ2n) is 4.90. The monoisotopic (exact) mass is 341 g/mol. The van der Waals surface area contributed by atoms with E-state index in [0.29, 0.717) is 12.3 Å². The summed E-state index contributed by atoms with van der Waals surface area (Å²) in [5, 5.41) is 4.28. The summed E-state index contributed by atoms with van der Waals surface area (Å²) in [6, 6.07) is 13.6. The molecule has 3 nitrogen and oxygen atoms in total. The quantitative estimate of drug-likeness (QED) is 0.332. The van der Waals surface area contributed by atoms with Crippen LogP contribution in [0, 0.1) is 0 Å². The first-order valence-corrected chi connectivity index (χ1v) is 8.98. The molecule has 0 saturated heterocycles. The van der Waals surface area contributed by atoms with E-state index in [1.165, 1.54) is 6.08 Å². The Morgan fingerprint density at radius 2 is 1.96 bits per heavy atom. The lowest BCUT2D eigenvalue weighted by atomic mass is 10.2. The van der Waals surface area contributed by atoms with Crippen molar-refractivity contribution in [2.45, 2.75) is 4.90 Å². The molecule has 3 rings (SSSR count). The van der Waals surface area contributed by atoms with E-state index >= 15 is 0 Å². The van der Waals surface area contributed by atoms with E-state index in [1.807, 2.05) is 42.5 Å². The second-order valence-corrected chi connectivity index (χ2v) is 7.12. The number of fused-ring (bicyclic) bond motifs is 2. The first kappa shape index (κ1) is 15.8. The minimum Gasteiger partial charge on any atom is -0.352 e. The van der Waals surface area contributed by atoms with Crippen molar-refractivity contribution in [3.8, 4) is 0 Å². The first-order chi connectivity index (χ1) is 11.2. The molecule has 2 aromatic carbocycles. The predicted octanol–water partition coefficient (Wildman–Crippen LogP) is 3.81. The van der Waals surface area contributed by atoms with Crippen LogP contribution in [0.4, 0.5) is 0 Å². The number of nitrogens with one attached hydrogen (secondary N) is 1. The van der Waals surface area contributed by atoms with Crippen LogP contribution in [-0.4, -0.2) is 18.2 Å². The highest BCUT2D eigenvalue weighted by atomic mass is 32.2. The number of amides is 1. The zero-order valence-corrected chi connectivity index (χ0v) is 14.0. The maximum Gasteiger partial charge on any atom is 0.243 e. The molecule has 0 bridgehead atoms. The van der Waals surface area contributed by atoms with Crippen LogP contribution in [0.1, 0.15) is 0 Å². The molecule has 1 heterocycles. The summed E-state index contributed by atoms with van der Waals surface area (Å²) in [4.78, 5) is 24.9. The maximum absolute atomic E-state index is 12.8. The summed E-state index contributed by atoms with van der Waals surface area (Å²) in [7, 11) is 0. The Morgan fingerprint density at radius 3 is 2.78 bits per heavy atom. The number of carbonyl (C=O) groups is 1. The number of hydrogen-bond acceptors (Lipinski definition) is 4. The van der Waals surface area contributed by atoms with Crippen molar-refractivity contribution >= 4 is 49.2 Å². The molecule has 1 amide bonds. The molecule has 116 valence electrons. The highest BCUT2D eigenvalue weighted by Crippen LogP contribution is 2.31. The SMILES string of the molecule is C=CC(=O)NCCSc1cccc2sc3ccccc3c(=O)c12. The lowest BCUT2D eigenvalue weighted by molar-refractivity contribution is -0.116. The van der Waals surface area contributed by atoms with E-state index in [1.54, 1.807) is 23.1 Å². The molecular formula is C18H15NO2S2. The number of hydrogen-bond donors (Lipinski definition) is 1. The van der Waals surface area contributed by atoms with Crippen molar-refractivity contribution in [3.05, 3.63) is 65.3 Å². The molecule has 3 aromatic rings. The van der Waals surface area contributed by atoms with Crippen LogP contribution >= 0.6 is 23.1 Å². The molecule has 1 N–H and O–H groups in total. The fraction of sp³-hybridized carbons (Fsp3) is 0.111. The van der Waals surface area contributed by atoms with E-state index in [9.17, 15) is 9.59 Å². The van der Waals surface area contributed by atoms with Gasteiger partial charge in [-0.25, -0.2) is 0 Å². The molecule has 23 heavy (non-hydrogen) atoms. The van der Waals surface area contributed by atoms with Gasteiger partial charge in [0.25, 0.3) is 0 Å². The minimum atomic E-state index is -0.179. The van der Waals surface area contributed by atoms with Gasteiger partial charge in [0.05, 0.1) is 5.39 Å².